The van der Waals surface area contributed by atoms with Gasteiger partial charge in [0.1, 0.15) is 10.4 Å². The Kier molecular flexibility index (Phi) is 6.00. The first kappa shape index (κ1) is 22.8. The summed E-state index contributed by atoms with van der Waals surface area (Å²) < 4.78 is 0. The van der Waals surface area contributed by atoms with Crippen LogP contribution in [0.15, 0.2) is 64.1 Å². The Morgan fingerprint density at radius 3 is 2.18 bits per heavy atom. The molecular formula is C26H27Cl2N3OS. The lowest BCUT2D eigenvalue weighted by Crippen LogP contribution is -2.36. The van der Waals surface area contributed by atoms with E-state index in [1.165, 1.54) is 11.8 Å². The molecule has 33 heavy (non-hydrogen) atoms. The molecule has 1 saturated heterocycles. The smallest absolute Gasteiger partial charge is 0.262 e. The second-order valence-electron chi connectivity index (χ2n) is 9.34. The molecule has 0 aliphatic carbocycles. The molecule has 3 aliphatic rings. The lowest BCUT2D eigenvalue weighted by molar-refractivity contribution is -0.125. The molecule has 2 atom stereocenters. The molecule has 2 aromatic rings. The molecule has 0 bridgehead atoms. The largest absolute Gasteiger partial charge is 0.338 e. The summed E-state index contributed by atoms with van der Waals surface area (Å²) in [4.78, 5) is 23.9. The van der Waals surface area contributed by atoms with Crippen LogP contribution in [0, 0.1) is 5.92 Å². The van der Waals surface area contributed by atoms with Gasteiger partial charge >= 0.3 is 0 Å². The number of nitrogens with zero attached hydrogens (tertiary/aromatic N) is 3. The first-order valence-corrected chi connectivity index (χ1v) is 13.0. The maximum atomic E-state index is 13.5. The summed E-state index contributed by atoms with van der Waals surface area (Å²) >= 11 is 14.0. The van der Waals surface area contributed by atoms with Crippen LogP contribution < -0.4 is 0 Å². The maximum absolute atomic E-state index is 13.5. The highest BCUT2D eigenvalue weighted by molar-refractivity contribution is 8.18. The first-order chi connectivity index (χ1) is 15.8. The number of benzene rings is 2. The van der Waals surface area contributed by atoms with Gasteiger partial charge in [-0.3, -0.25) is 4.79 Å². The van der Waals surface area contributed by atoms with Crippen molar-refractivity contribution in [2.24, 2.45) is 10.9 Å². The molecule has 0 unspecified atom stereocenters. The number of halogens is 2. The first-order valence-electron chi connectivity index (χ1n) is 11.4. The highest BCUT2D eigenvalue weighted by Gasteiger charge is 2.53. The number of aliphatic imine (C=N–C) groups is 1. The van der Waals surface area contributed by atoms with Crippen molar-refractivity contribution in [2.45, 2.75) is 45.2 Å². The van der Waals surface area contributed by atoms with Gasteiger partial charge in [0.05, 0.1) is 6.04 Å². The third-order valence-corrected chi connectivity index (χ3v) is 8.32. The quantitative estimate of drug-likeness (QED) is 0.460. The van der Waals surface area contributed by atoms with E-state index in [4.69, 9.17) is 28.2 Å². The topological polar surface area (TPSA) is 35.9 Å². The summed E-state index contributed by atoms with van der Waals surface area (Å²) in [6, 6.07) is 15.8. The zero-order valence-electron chi connectivity index (χ0n) is 19.0. The van der Waals surface area contributed by atoms with Gasteiger partial charge in [0.15, 0.2) is 5.17 Å². The summed E-state index contributed by atoms with van der Waals surface area (Å²) in [5.74, 6) is 0.315. The Morgan fingerprint density at radius 1 is 1.03 bits per heavy atom. The molecule has 0 saturated carbocycles. The molecule has 0 spiro atoms. The average Bonchev–Trinajstić information content (AvgIpc) is 3.49. The van der Waals surface area contributed by atoms with Crippen molar-refractivity contribution in [1.82, 2.24) is 9.80 Å². The molecule has 4 nitrogen and oxygen atoms in total. The normalized spacial score (nSPS) is 24.7. The summed E-state index contributed by atoms with van der Waals surface area (Å²) in [6.07, 6.45) is 2.15. The summed E-state index contributed by atoms with van der Waals surface area (Å²) in [5, 5.41) is 2.29. The molecule has 5 rings (SSSR count). The van der Waals surface area contributed by atoms with Crippen molar-refractivity contribution in [3.8, 4) is 0 Å². The highest BCUT2D eigenvalue weighted by Crippen LogP contribution is 2.56. The lowest BCUT2D eigenvalue weighted by atomic mass is 9.81. The van der Waals surface area contributed by atoms with E-state index < -0.39 is 5.54 Å². The minimum Gasteiger partial charge on any atom is -0.338 e. The van der Waals surface area contributed by atoms with Crippen LogP contribution in [-0.2, 0) is 10.3 Å². The standard InChI is InChI=1S/C26H27Cl2N3OS/c1-16(2)21-22(24(32)30-14-4-5-15-30)33-25-29-26(3,18-8-12-20(28)13-9-18)23(31(21)25)17-6-10-19(27)11-7-17/h6-13,16,23H,4-5,14-15H2,1-3H3/t23-,26+/m1/s1. The number of hydrogen-bond donors (Lipinski definition) is 0. The summed E-state index contributed by atoms with van der Waals surface area (Å²) in [7, 11) is 0. The van der Waals surface area contributed by atoms with Crippen molar-refractivity contribution < 1.29 is 4.79 Å². The van der Waals surface area contributed by atoms with E-state index in [9.17, 15) is 4.79 Å². The number of amides is 1. The molecule has 0 radical (unpaired) electrons. The van der Waals surface area contributed by atoms with E-state index in [0.717, 1.165) is 52.8 Å². The van der Waals surface area contributed by atoms with E-state index in [2.05, 4.69) is 49.9 Å². The third kappa shape index (κ3) is 3.88. The van der Waals surface area contributed by atoms with Crippen molar-refractivity contribution in [3.63, 3.8) is 0 Å². The van der Waals surface area contributed by atoms with Gasteiger partial charge in [0.25, 0.3) is 5.91 Å². The van der Waals surface area contributed by atoms with Crippen LogP contribution in [0.5, 0.6) is 0 Å². The van der Waals surface area contributed by atoms with Gasteiger partial charge in [-0.25, -0.2) is 4.99 Å². The van der Waals surface area contributed by atoms with Gasteiger partial charge < -0.3 is 9.80 Å². The number of allylic oxidation sites excluding steroid dienone is 1. The number of carbonyl (C=O) groups excluding carboxylic acids is 1. The van der Waals surface area contributed by atoms with Gasteiger partial charge in [-0.2, -0.15) is 0 Å². The molecule has 3 heterocycles. The monoisotopic (exact) mass is 499 g/mol. The lowest BCUT2D eigenvalue weighted by Gasteiger charge is -2.37. The summed E-state index contributed by atoms with van der Waals surface area (Å²) in [5.41, 5.74) is 2.73. The van der Waals surface area contributed by atoms with E-state index in [-0.39, 0.29) is 17.9 Å². The van der Waals surface area contributed by atoms with Crippen LogP contribution in [0.2, 0.25) is 10.0 Å². The van der Waals surface area contributed by atoms with Crippen LogP contribution in [0.25, 0.3) is 0 Å². The number of carbonyl (C=O) groups is 1. The Bertz CT molecular complexity index is 1140. The van der Waals surface area contributed by atoms with Crippen LogP contribution >= 0.6 is 35.0 Å². The van der Waals surface area contributed by atoms with Gasteiger partial charge in [0, 0.05) is 28.8 Å². The maximum Gasteiger partial charge on any atom is 0.262 e. The van der Waals surface area contributed by atoms with Crippen molar-refractivity contribution in [1.29, 1.82) is 0 Å². The fraction of sp³-hybridized carbons (Fsp3) is 0.385. The van der Waals surface area contributed by atoms with Gasteiger partial charge in [0.2, 0.25) is 0 Å². The molecule has 1 amide bonds. The van der Waals surface area contributed by atoms with E-state index >= 15 is 0 Å². The molecule has 3 aliphatic heterocycles. The highest BCUT2D eigenvalue weighted by atomic mass is 35.5. The number of fused-ring (bicyclic) bond motifs is 1. The molecule has 172 valence electrons. The number of amidine groups is 1. The van der Waals surface area contributed by atoms with Crippen molar-refractivity contribution in [2.75, 3.05) is 13.1 Å². The number of hydrogen-bond acceptors (Lipinski definition) is 4. The average molecular weight is 500 g/mol. The fourth-order valence-electron chi connectivity index (χ4n) is 5.13. The molecule has 0 aromatic heterocycles. The predicted octanol–water partition coefficient (Wildman–Crippen LogP) is 6.86. The Hall–Kier alpha value is -1.95. The van der Waals surface area contributed by atoms with E-state index in [0.29, 0.717) is 10.0 Å². The fourth-order valence-corrected chi connectivity index (χ4v) is 6.76. The molecule has 7 heteroatoms. The Labute approximate surface area is 209 Å². The van der Waals surface area contributed by atoms with Gasteiger partial charge in [-0.15, -0.1) is 0 Å². The number of rotatable bonds is 4. The minimum atomic E-state index is -0.539. The summed E-state index contributed by atoms with van der Waals surface area (Å²) in [6.45, 7) is 8.16. The van der Waals surface area contributed by atoms with Gasteiger partial charge in [-0.05, 0) is 72.8 Å². The molecular weight excluding hydrogens is 473 g/mol. The van der Waals surface area contributed by atoms with Crippen LogP contribution in [0.1, 0.15) is 50.8 Å². The van der Waals surface area contributed by atoms with Crippen LogP contribution in [0.4, 0.5) is 0 Å². The van der Waals surface area contributed by atoms with Crippen molar-refractivity contribution >= 4 is 46.0 Å². The minimum absolute atomic E-state index is 0.0975. The van der Waals surface area contributed by atoms with Crippen LogP contribution in [-0.4, -0.2) is 34.0 Å². The van der Waals surface area contributed by atoms with E-state index in [1.807, 2.05) is 29.2 Å². The number of likely N-dealkylation sites (tertiary alicyclic amines) is 1. The zero-order valence-corrected chi connectivity index (χ0v) is 21.3. The second kappa shape index (κ2) is 8.68. The second-order valence-corrected chi connectivity index (χ2v) is 11.2. The zero-order chi connectivity index (χ0) is 23.3. The Morgan fingerprint density at radius 2 is 1.61 bits per heavy atom. The van der Waals surface area contributed by atoms with E-state index in [1.54, 1.807) is 0 Å². The number of thioether (sulfide) groups is 1. The van der Waals surface area contributed by atoms with Crippen LogP contribution in [0.3, 0.4) is 0 Å². The predicted molar refractivity (Wildman–Crippen MR) is 138 cm³/mol. The van der Waals surface area contributed by atoms with Gasteiger partial charge in [-0.1, -0.05) is 61.3 Å². The molecule has 2 aromatic carbocycles. The molecule has 0 N–H and O–H groups in total. The SMILES string of the molecule is CC(C)C1=C(C(=O)N2CCCC2)SC2=N[C@@](C)(c3ccc(Cl)cc3)[C@@H](c3ccc(Cl)cc3)N21. The van der Waals surface area contributed by atoms with Crippen molar-refractivity contribution in [3.05, 3.63) is 80.3 Å². The molecule has 1 fully saturated rings. The Balaban J connectivity index is 1.65. The third-order valence-electron chi connectivity index (χ3n) is 6.76.